The minimum absolute atomic E-state index is 0.00269. The maximum absolute atomic E-state index is 13.7. The average molecular weight is 451 g/mol. The lowest BCUT2D eigenvalue weighted by molar-refractivity contribution is -0.139. The molecule has 2 aromatic carbocycles. The number of nitrogens with zero attached hydrogens (tertiary/aromatic N) is 2. The number of hydrogen-bond acceptors (Lipinski definition) is 4. The molecule has 0 saturated carbocycles. The predicted octanol–water partition coefficient (Wildman–Crippen LogP) is 4.06. The number of carbonyl (C=O) groups is 2. The SMILES string of the molecule is COc1ccccc1CN(CC1CCCO1)C(=O)C1CCCN(C(=O)c2ccc(C)cc2)C1. The molecule has 176 valence electrons. The summed E-state index contributed by atoms with van der Waals surface area (Å²) in [4.78, 5) is 30.6. The largest absolute Gasteiger partial charge is 0.496 e. The van der Waals surface area contributed by atoms with Gasteiger partial charge in [0.05, 0.1) is 19.1 Å². The minimum atomic E-state index is -0.204. The van der Waals surface area contributed by atoms with Gasteiger partial charge in [-0.1, -0.05) is 35.9 Å². The molecule has 0 aromatic heterocycles. The summed E-state index contributed by atoms with van der Waals surface area (Å²) >= 11 is 0. The van der Waals surface area contributed by atoms with Gasteiger partial charge in [-0.05, 0) is 50.8 Å². The zero-order valence-electron chi connectivity index (χ0n) is 19.7. The molecule has 4 rings (SSSR count). The van der Waals surface area contributed by atoms with Crippen molar-refractivity contribution in [3.63, 3.8) is 0 Å². The quantitative estimate of drug-likeness (QED) is 0.638. The Hall–Kier alpha value is -2.86. The maximum Gasteiger partial charge on any atom is 0.253 e. The van der Waals surface area contributed by atoms with Crippen LogP contribution in [0.4, 0.5) is 0 Å². The molecule has 2 aliphatic heterocycles. The molecule has 0 aliphatic carbocycles. The highest BCUT2D eigenvalue weighted by atomic mass is 16.5. The van der Waals surface area contributed by atoms with Gasteiger partial charge in [0.1, 0.15) is 5.75 Å². The van der Waals surface area contributed by atoms with Crippen molar-refractivity contribution in [3.05, 3.63) is 65.2 Å². The first-order valence-electron chi connectivity index (χ1n) is 11.9. The smallest absolute Gasteiger partial charge is 0.253 e. The van der Waals surface area contributed by atoms with Gasteiger partial charge < -0.3 is 19.3 Å². The standard InChI is InChI=1S/C27H34N2O4/c1-20-11-13-21(14-12-20)26(30)28-15-5-8-23(18-28)27(31)29(19-24-9-6-16-33-24)17-22-7-3-4-10-25(22)32-2/h3-4,7,10-14,23-24H,5-6,8-9,15-19H2,1-2H3. The molecule has 0 radical (unpaired) electrons. The van der Waals surface area contributed by atoms with E-state index in [0.29, 0.717) is 31.7 Å². The Morgan fingerprint density at radius 2 is 1.88 bits per heavy atom. The molecule has 33 heavy (non-hydrogen) atoms. The van der Waals surface area contributed by atoms with Crippen LogP contribution < -0.4 is 4.74 Å². The zero-order chi connectivity index (χ0) is 23.2. The van der Waals surface area contributed by atoms with Crippen LogP contribution in [0.3, 0.4) is 0 Å². The fourth-order valence-corrected chi connectivity index (χ4v) is 4.81. The van der Waals surface area contributed by atoms with E-state index in [1.54, 1.807) is 7.11 Å². The second-order valence-corrected chi connectivity index (χ2v) is 9.12. The van der Waals surface area contributed by atoms with Gasteiger partial charge in [0.15, 0.2) is 0 Å². The summed E-state index contributed by atoms with van der Waals surface area (Å²) in [6, 6.07) is 15.5. The topological polar surface area (TPSA) is 59.1 Å². The van der Waals surface area contributed by atoms with Crippen molar-refractivity contribution in [3.8, 4) is 5.75 Å². The number of piperidine rings is 1. The second-order valence-electron chi connectivity index (χ2n) is 9.12. The van der Waals surface area contributed by atoms with E-state index in [0.717, 1.165) is 49.2 Å². The van der Waals surface area contributed by atoms with E-state index in [1.165, 1.54) is 0 Å². The van der Waals surface area contributed by atoms with E-state index in [2.05, 4.69) is 0 Å². The van der Waals surface area contributed by atoms with Gasteiger partial charge in [-0.3, -0.25) is 9.59 Å². The number of para-hydroxylation sites is 1. The van der Waals surface area contributed by atoms with Gasteiger partial charge in [0, 0.05) is 43.9 Å². The average Bonchev–Trinajstić information content (AvgIpc) is 3.37. The van der Waals surface area contributed by atoms with Crippen LogP contribution in [-0.2, 0) is 16.1 Å². The number of amides is 2. The van der Waals surface area contributed by atoms with Gasteiger partial charge in [-0.25, -0.2) is 0 Å². The summed E-state index contributed by atoms with van der Waals surface area (Å²) in [5.41, 5.74) is 2.79. The van der Waals surface area contributed by atoms with Gasteiger partial charge in [0.2, 0.25) is 5.91 Å². The van der Waals surface area contributed by atoms with E-state index in [-0.39, 0.29) is 23.8 Å². The summed E-state index contributed by atoms with van der Waals surface area (Å²) < 4.78 is 11.4. The van der Waals surface area contributed by atoms with E-state index in [9.17, 15) is 9.59 Å². The summed E-state index contributed by atoms with van der Waals surface area (Å²) in [6.07, 6.45) is 3.70. The van der Waals surface area contributed by atoms with Crippen molar-refractivity contribution in [1.29, 1.82) is 0 Å². The molecule has 6 heteroatoms. The Labute approximate surface area is 196 Å². The number of methoxy groups -OCH3 is 1. The van der Waals surface area contributed by atoms with Crippen LogP contribution >= 0.6 is 0 Å². The van der Waals surface area contributed by atoms with E-state index < -0.39 is 0 Å². The summed E-state index contributed by atoms with van der Waals surface area (Å²) in [7, 11) is 1.65. The second kappa shape index (κ2) is 10.8. The maximum atomic E-state index is 13.7. The van der Waals surface area contributed by atoms with Crippen molar-refractivity contribution >= 4 is 11.8 Å². The normalized spacial score (nSPS) is 20.5. The monoisotopic (exact) mass is 450 g/mol. The van der Waals surface area contributed by atoms with Gasteiger partial charge >= 0.3 is 0 Å². The lowest BCUT2D eigenvalue weighted by Crippen LogP contribution is -2.48. The number of carbonyl (C=O) groups excluding carboxylic acids is 2. The highest BCUT2D eigenvalue weighted by Gasteiger charge is 2.33. The number of ether oxygens (including phenoxy) is 2. The lowest BCUT2D eigenvalue weighted by Gasteiger charge is -2.36. The minimum Gasteiger partial charge on any atom is -0.496 e. The Kier molecular flexibility index (Phi) is 7.65. The molecule has 2 atom stereocenters. The van der Waals surface area contributed by atoms with E-state index in [4.69, 9.17) is 9.47 Å². The molecule has 0 spiro atoms. The zero-order valence-corrected chi connectivity index (χ0v) is 19.7. The van der Waals surface area contributed by atoms with Crippen LogP contribution in [0.25, 0.3) is 0 Å². The predicted molar refractivity (Wildman–Crippen MR) is 127 cm³/mol. The first-order valence-corrected chi connectivity index (χ1v) is 11.9. The first-order chi connectivity index (χ1) is 16.0. The van der Waals surface area contributed by atoms with Gasteiger partial charge in [0.25, 0.3) is 5.91 Å². The van der Waals surface area contributed by atoms with Crippen molar-refractivity contribution < 1.29 is 19.1 Å². The van der Waals surface area contributed by atoms with E-state index >= 15 is 0 Å². The molecule has 0 bridgehead atoms. The molecule has 0 N–H and O–H groups in total. The number of aryl methyl sites for hydroxylation is 1. The van der Waals surface area contributed by atoms with Crippen molar-refractivity contribution in [2.24, 2.45) is 5.92 Å². The molecule has 2 aliphatic rings. The fraction of sp³-hybridized carbons (Fsp3) is 0.481. The molecule has 2 aromatic rings. The van der Waals surface area contributed by atoms with Crippen LogP contribution in [-0.4, -0.2) is 61.1 Å². The molecule has 2 heterocycles. The van der Waals surface area contributed by atoms with E-state index in [1.807, 2.05) is 65.3 Å². The van der Waals surface area contributed by atoms with Crippen LogP contribution in [0.15, 0.2) is 48.5 Å². The van der Waals surface area contributed by atoms with Crippen molar-refractivity contribution in [2.45, 2.75) is 45.3 Å². The van der Waals surface area contributed by atoms with Gasteiger partial charge in [-0.2, -0.15) is 0 Å². The third-order valence-corrected chi connectivity index (χ3v) is 6.67. The van der Waals surface area contributed by atoms with Gasteiger partial charge in [-0.15, -0.1) is 0 Å². The highest BCUT2D eigenvalue weighted by molar-refractivity contribution is 5.94. The first kappa shape index (κ1) is 23.3. The molecule has 2 fully saturated rings. The Morgan fingerprint density at radius 1 is 1.09 bits per heavy atom. The molecule has 2 amide bonds. The summed E-state index contributed by atoms with van der Waals surface area (Å²) in [6.45, 7) is 4.95. The van der Waals surface area contributed by atoms with Crippen molar-refractivity contribution in [2.75, 3.05) is 33.4 Å². The molecule has 6 nitrogen and oxygen atoms in total. The van der Waals surface area contributed by atoms with Crippen LogP contribution in [0.2, 0.25) is 0 Å². The Balaban J connectivity index is 1.49. The number of rotatable bonds is 7. The highest BCUT2D eigenvalue weighted by Crippen LogP contribution is 2.26. The summed E-state index contributed by atoms with van der Waals surface area (Å²) in [5.74, 6) is 0.674. The molecule has 2 saturated heterocycles. The molecular formula is C27H34N2O4. The fourth-order valence-electron chi connectivity index (χ4n) is 4.81. The van der Waals surface area contributed by atoms with Crippen LogP contribution in [0.5, 0.6) is 5.75 Å². The number of likely N-dealkylation sites (tertiary alicyclic amines) is 1. The number of hydrogen-bond donors (Lipinski definition) is 0. The third-order valence-electron chi connectivity index (χ3n) is 6.67. The van der Waals surface area contributed by atoms with Crippen LogP contribution in [0.1, 0.15) is 47.2 Å². The van der Waals surface area contributed by atoms with Crippen LogP contribution in [0, 0.1) is 12.8 Å². The summed E-state index contributed by atoms with van der Waals surface area (Å²) in [5, 5.41) is 0. The molecule has 2 unspecified atom stereocenters. The lowest BCUT2D eigenvalue weighted by atomic mass is 9.95. The third kappa shape index (κ3) is 5.74. The number of benzene rings is 2. The Bertz CT molecular complexity index is 953. The molecular weight excluding hydrogens is 416 g/mol. The van der Waals surface area contributed by atoms with Crippen molar-refractivity contribution in [1.82, 2.24) is 9.80 Å². The Morgan fingerprint density at radius 3 is 2.61 bits per heavy atom.